The molecule has 0 heterocycles. The summed E-state index contributed by atoms with van der Waals surface area (Å²) in [6.45, 7) is 0. The van der Waals surface area contributed by atoms with E-state index in [1.807, 2.05) is 0 Å². The number of rotatable bonds is 2. The molecule has 6 nitrogen and oxygen atoms in total. The number of hydrogen-bond acceptors (Lipinski definition) is 6. The molecule has 0 unspecified atom stereocenters. The van der Waals surface area contributed by atoms with Gasteiger partial charge in [-0.2, -0.15) is 0 Å². The standard InChI is InChI=1S/C8H8N2O4S/c1-14-8(11)6-5(15)3-2-4(7(6)9)10(12)13/h2-3,15H,9H2,1H3. The smallest absolute Gasteiger partial charge is 0.341 e. The molecule has 0 fully saturated rings. The van der Waals surface area contributed by atoms with Crippen molar-refractivity contribution in [2.24, 2.45) is 0 Å². The lowest BCUT2D eigenvalue weighted by Crippen LogP contribution is -2.09. The first-order valence-electron chi connectivity index (χ1n) is 3.83. The van der Waals surface area contributed by atoms with Crippen molar-refractivity contribution in [1.82, 2.24) is 0 Å². The summed E-state index contributed by atoms with van der Waals surface area (Å²) in [5, 5.41) is 10.5. The van der Waals surface area contributed by atoms with Gasteiger partial charge in [0.1, 0.15) is 11.3 Å². The Labute approximate surface area is 90.6 Å². The van der Waals surface area contributed by atoms with Crippen molar-refractivity contribution in [2.45, 2.75) is 4.90 Å². The molecule has 0 radical (unpaired) electrons. The third-order valence-electron chi connectivity index (χ3n) is 1.79. The van der Waals surface area contributed by atoms with Crippen molar-refractivity contribution in [3.05, 3.63) is 27.8 Å². The molecule has 0 aliphatic rings. The number of thiol groups is 1. The van der Waals surface area contributed by atoms with E-state index in [1.54, 1.807) is 0 Å². The van der Waals surface area contributed by atoms with Gasteiger partial charge in [0.15, 0.2) is 0 Å². The second-order valence-corrected chi connectivity index (χ2v) is 3.12. The zero-order chi connectivity index (χ0) is 11.6. The van der Waals surface area contributed by atoms with Crippen molar-refractivity contribution in [3.8, 4) is 0 Å². The number of carbonyl (C=O) groups excluding carboxylic acids is 1. The molecule has 0 aromatic heterocycles. The summed E-state index contributed by atoms with van der Waals surface area (Å²) < 4.78 is 4.44. The second kappa shape index (κ2) is 4.18. The molecular weight excluding hydrogens is 220 g/mol. The molecule has 0 saturated heterocycles. The van der Waals surface area contributed by atoms with E-state index >= 15 is 0 Å². The third kappa shape index (κ3) is 2.01. The molecule has 1 aromatic carbocycles. The minimum atomic E-state index is -0.749. The first-order valence-corrected chi connectivity index (χ1v) is 4.28. The Hall–Kier alpha value is -1.76. The van der Waals surface area contributed by atoms with Gasteiger partial charge in [-0.25, -0.2) is 4.79 Å². The number of methoxy groups -OCH3 is 1. The van der Waals surface area contributed by atoms with E-state index in [2.05, 4.69) is 17.4 Å². The Balaban J connectivity index is 3.43. The number of nitro groups is 1. The highest BCUT2D eigenvalue weighted by atomic mass is 32.1. The average Bonchev–Trinajstić information content (AvgIpc) is 2.16. The summed E-state index contributed by atoms with van der Waals surface area (Å²) >= 11 is 3.97. The van der Waals surface area contributed by atoms with Gasteiger partial charge in [0.25, 0.3) is 5.69 Å². The first-order chi connectivity index (χ1) is 6.99. The van der Waals surface area contributed by atoms with Crippen LogP contribution in [0.25, 0.3) is 0 Å². The van der Waals surface area contributed by atoms with Gasteiger partial charge in [0, 0.05) is 11.0 Å². The largest absolute Gasteiger partial charge is 0.465 e. The van der Waals surface area contributed by atoms with Gasteiger partial charge in [0.05, 0.1) is 12.0 Å². The maximum Gasteiger partial charge on any atom is 0.341 e. The lowest BCUT2D eigenvalue weighted by atomic mass is 10.1. The van der Waals surface area contributed by atoms with Gasteiger partial charge in [-0.15, -0.1) is 12.6 Å². The number of esters is 1. The Kier molecular flexibility index (Phi) is 3.15. The summed E-state index contributed by atoms with van der Waals surface area (Å²) in [7, 11) is 1.16. The van der Waals surface area contributed by atoms with Gasteiger partial charge in [0.2, 0.25) is 0 Å². The number of carbonyl (C=O) groups is 1. The summed E-state index contributed by atoms with van der Waals surface area (Å²) in [4.78, 5) is 21.4. The number of hydrogen-bond donors (Lipinski definition) is 2. The van der Waals surface area contributed by atoms with E-state index < -0.39 is 10.9 Å². The van der Waals surface area contributed by atoms with E-state index in [0.29, 0.717) is 0 Å². The number of ether oxygens (including phenoxy) is 1. The minimum Gasteiger partial charge on any atom is -0.465 e. The van der Waals surface area contributed by atoms with Crippen LogP contribution in [0.1, 0.15) is 10.4 Å². The van der Waals surface area contributed by atoms with Crippen molar-refractivity contribution in [2.75, 3.05) is 12.8 Å². The molecule has 7 heteroatoms. The fraction of sp³-hybridized carbons (Fsp3) is 0.125. The number of nitro benzene ring substituents is 1. The van der Waals surface area contributed by atoms with Crippen LogP contribution in [0, 0.1) is 10.1 Å². The molecule has 0 amide bonds. The lowest BCUT2D eigenvalue weighted by Gasteiger charge is -2.06. The highest BCUT2D eigenvalue weighted by molar-refractivity contribution is 7.80. The topological polar surface area (TPSA) is 95.5 Å². The van der Waals surface area contributed by atoms with Crippen molar-refractivity contribution in [3.63, 3.8) is 0 Å². The quantitative estimate of drug-likeness (QED) is 0.261. The SMILES string of the molecule is COC(=O)c1c(S)ccc([N+](=O)[O-])c1N. The monoisotopic (exact) mass is 228 g/mol. The van der Waals surface area contributed by atoms with Crippen molar-refractivity contribution in [1.29, 1.82) is 0 Å². The number of anilines is 1. The van der Waals surface area contributed by atoms with E-state index in [4.69, 9.17) is 5.73 Å². The molecule has 80 valence electrons. The van der Waals surface area contributed by atoms with Gasteiger partial charge in [-0.3, -0.25) is 10.1 Å². The fourth-order valence-corrected chi connectivity index (χ4v) is 1.36. The average molecular weight is 228 g/mol. The van der Waals surface area contributed by atoms with Crippen LogP contribution in [0.3, 0.4) is 0 Å². The zero-order valence-electron chi connectivity index (χ0n) is 7.76. The second-order valence-electron chi connectivity index (χ2n) is 2.64. The van der Waals surface area contributed by atoms with Gasteiger partial charge in [-0.1, -0.05) is 0 Å². The molecule has 1 rings (SSSR count). The number of nitrogens with zero attached hydrogens (tertiary/aromatic N) is 1. The first kappa shape index (κ1) is 11.3. The maximum absolute atomic E-state index is 11.3. The molecule has 0 spiro atoms. The molecule has 0 aliphatic heterocycles. The Morgan fingerprint density at radius 2 is 2.20 bits per heavy atom. The van der Waals surface area contributed by atoms with Gasteiger partial charge < -0.3 is 10.5 Å². The number of nitrogen functional groups attached to an aromatic ring is 1. The molecular formula is C8H8N2O4S. The predicted octanol–water partition coefficient (Wildman–Crippen LogP) is 1.25. The summed E-state index contributed by atoms with van der Waals surface area (Å²) in [6.07, 6.45) is 0. The van der Waals surface area contributed by atoms with Crippen LogP contribution < -0.4 is 5.73 Å². The molecule has 1 aromatic rings. The predicted molar refractivity (Wildman–Crippen MR) is 56.1 cm³/mol. The van der Waals surface area contributed by atoms with E-state index in [9.17, 15) is 14.9 Å². The normalized spacial score (nSPS) is 9.73. The van der Waals surface area contributed by atoms with E-state index in [-0.39, 0.29) is 21.8 Å². The molecule has 0 saturated carbocycles. The molecule has 2 N–H and O–H groups in total. The molecule has 0 atom stereocenters. The van der Waals surface area contributed by atoms with Crippen molar-refractivity contribution >= 4 is 30.0 Å². The van der Waals surface area contributed by atoms with E-state index in [0.717, 1.165) is 7.11 Å². The number of nitrogens with two attached hydrogens (primary N) is 1. The minimum absolute atomic E-state index is 0.0879. The van der Waals surface area contributed by atoms with Crippen LogP contribution >= 0.6 is 12.6 Å². The zero-order valence-corrected chi connectivity index (χ0v) is 8.65. The Morgan fingerprint density at radius 3 is 2.67 bits per heavy atom. The molecule has 15 heavy (non-hydrogen) atoms. The van der Waals surface area contributed by atoms with Crippen LogP contribution in [-0.2, 0) is 4.74 Å². The maximum atomic E-state index is 11.3. The third-order valence-corrected chi connectivity index (χ3v) is 2.16. The lowest BCUT2D eigenvalue weighted by molar-refractivity contribution is -0.384. The summed E-state index contributed by atoms with van der Waals surface area (Å²) in [5.74, 6) is -0.749. The van der Waals surface area contributed by atoms with Crippen molar-refractivity contribution < 1.29 is 14.5 Å². The highest BCUT2D eigenvalue weighted by Crippen LogP contribution is 2.30. The Bertz CT molecular complexity index is 433. The molecule has 0 aliphatic carbocycles. The van der Waals surface area contributed by atoms with Crippen LogP contribution in [0.5, 0.6) is 0 Å². The fourth-order valence-electron chi connectivity index (χ4n) is 1.07. The highest BCUT2D eigenvalue weighted by Gasteiger charge is 2.22. The van der Waals surface area contributed by atoms with Crippen LogP contribution in [0.15, 0.2) is 17.0 Å². The molecule has 0 bridgehead atoms. The van der Waals surface area contributed by atoms with Gasteiger partial charge >= 0.3 is 5.97 Å². The number of benzene rings is 1. The van der Waals surface area contributed by atoms with E-state index in [1.165, 1.54) is 12.1 Å². The Morgan fingerprint density at radius 1 is 1.60 bits per heavy atom. The van der Waals surface area contributed by atoms with Gasteiger partial charge in [-0.05, 0) is 6.07 Å². The van der Waals surface area contributed by atoms with Crippen LogP contribution in [0.2, 0.25) is 0 Å². The summed E-state index contributed by atoms with van der Waals surface area (Å²) in [5.41, 5.74) is 4.81. The van der Waals surface area contributed by atoms with Crippen LogP contribution in [0.4, 0.5) is 11.4 Å². The summed E-state index contributed by atoms with van der Waals surface area (Å²) in [6, 6.07) is 2.51. The van der Waals surface area contributed by atoms with Crippen LogP contribution in [-0.4, -0.2) is 18.0 Å².